The van der Waals surface area contributed by atoms with Crippen LogP contribution in [0.15, 0.2) is 0 Å². The van der Waals surface area contributed by atoms with Gasteiger partial charge in [0.05, 0.1) is 13.2 Å². The largest absolute Gasteiger partial charge is 0.474 e. The Labute approximate surface area is 78.9 Å². The van der Waals surface area contributed by atoms with Crippen molar-refractivity contribution in [2.24, 2.45) is 0 Å². The van der Waals surface area contributed by atoms with E-state index in [-0.39, 0.29) is 6.61 Å². The maximum atomic E-state index is 11.3. The van der Waals surface area contributed by atoms with Crippen LogP contribution in [0.4, 0.5) is 0 Å². The third-order valence-corrected chi connectivity index (χ3v) is 2.67. The molecule has 13 heavy (non-hydrogen) atoms. The first-order chi connectivity index (χ1) is 6.18. The van der Waals surface area contributed by atoms with Crippen molar-refractivity contribution in [2.45, 2.75) is 13.3 Å². The van der Waals surface area contributed by atoms with Crippen LogP contribution in [-0.2, 0) is 22.9 Å². The highest BCUT2D eigenvalue weighted by Gasteiger charge is 2.21. The molecule has 0 aliphatic rings. The second-order valence-corrected chi connectivity index (χ2v) is 4.14. The fourth-order valence-electron chi connectivity index (χ4n) is 0.634. The molecule has 0 bridgehead atoms. The summed E-state index contributed by atoms with van der Waals surface area (Å²) in [6.07, 6.45) is 0.951. The van der Waals surface area contributed by atoms with Gasteiger partial charge in [-0.1, -0.05) is 6.92 Å². The fourth-order valence-corrected chi connectivity index (χ4v) is 1.29. The van der Waals surface area contributed by atoms with Crippen molar-refractivity contribution in [3.05, 3.63) is 0 Å². The van der Waals surface area contributed by atoms with Crippen LogP contribution in [0, 0.1) is 0 Å². The second-order valence-electron chi connectivity index (χ2n) is 2.26. The Morgan fingerprint density at radius 3 is 2.15 bits per heavy atom. The van der Waals surface area contributed by atoms with Gasteiger partial charge in [0.15, 0.2) is 0 Å². The Bertz CT molecular complexity index is 153. The average molecular weight is 212 g/mol. The predicted octanol–water partition coefficient (Wildman–Crippen LogP) is 1.83. The molecule has 0 aromatic heterocycles. The van der Waals surface area contributed by atoms with E-state index in [0.717, 1.165) is 6.42 Å². The van der Waals surface area contributed by atoms with Crippen LogP contribution in [0.25, 0.3) is 0 Å². The molecule has 0 N–H and O–H groups in total. The van der Waals surface area contributed by atoms with Gasteiger partial charge in [-0.2, -0.15) is 0 Å². The quantitative estimate of drug-likeness (QED) is 0.453. The van der Waals surface area contributed by atoms with Gasteiger partial charge in [-0.3, -0.25) is 13.6 Å². The number of hydrogen-bond acceptors (Lipinski definition) is 5. The maximum absolute atomic E-state index is 11.3. The maximum Gasteiger partial charge on any atom is 0.474 e. The van der Waals surface area contributed by atoms with Crippen LogP contribution < -0.4 is 0 Å². The summed E-state index contributed by atoms with van der Waals surface area (Å²) in [6.45, 7) is 3.28. The minimum absolute atomic E-state index is 0.207. The molecular formula is C7H17O5P. The fraction of sp³-hybridized carbons (Fsp3) is 1.00. The van der Waals surface area contributed by atoms with Gasteiger partial charge in [0, 0.05) is 20.8 Å². The molecule has 0 unspecified atom stereocenters. The van der Waals surface area contributed by atoms with Crippen molar-refractivity contribution in [1.29, 1.82) is 0 Å². The summed E-state index contributed by atoms with van der Waals surface area (Å²) in [5.74, 6) is 0. The number of hydrogen-bond donors (Lipinski definition) is 0. The Morgan fingerprint density at radius 1 is 1.08 bits per heavy atom. The summed E-state index contributed by atoms with van der Waals surface area (Å²) in [4.78, 5) is 0. The lowest BCUT2D eigenvalue weighted by molar-refractivity contribution is 0.0770. The van der Waals surface area contributed by atoms with E-state index in [0.29, 0.717) is 13.2 Å². The lowest BCUT2D eigenvalue weighted by Crippen LogP contribution is -2.05. The summed E-state index contributed by atoms with van der Waals surface area (Å²) in [6, 6.07) is 0. The first-order valence-corrected chi connectivity index (χ1v) is 5.58. The molecule has 0 spiro atoms. The molecule has 0 rings (SSSR count). The average Bonchev–Trinajstić information content (AvgIpc) is 2.17. The summed E-state index contributed by atoms with van der Waals surface area (Å²) in [5, 5.41) is 0. The zero-order valence-electron chi connectivity index (χ0n) is 8.32. The van der Waals surface area contributed by atoms with E-state index in [2.05, 4.69) is 9.05 Å². The number of phosphoric ester groups is 1. The van der Waals surface area contributed by atoms with Crippen molar-refractivity contribution < 1.29 is 22.9 Å². The van der Waals surface area contributed by atoms with Crippen LogP contribution >= 0.6 is 7.82 Å². The number of phosphoric acid groups is 1. The third-order valence-electron chi connectivity index (χ3n) is 1.27. The Kier molecular flexibility index (Phi) is 7.51. The zero-order valence-corrected chi connectivity index (χ0v) is 9.21. The van der Waals surface area contributed by atoms with Crippen molar-refractivity contribution in [2.75, 3.05) is 34.0 Å². The minimum atomic E-state index is -3.31. The minimum Gasteiger partial charge on any atom is -0.379 e. The third kappa shape index (κ3) is 6.18. The molecule has 0 aromatic carbocycles. The normalized spacial score (nSPS) is 11.9. The summed E-state index contributed by atoms with van der Waals surface area (Å²) in [5.41, 5.74) is 0. The predicted molar refractivity (Wildman–Crippen MR) is 48.7 cm³/mol. The molecule has 0 aromatic rings. The summed E-state index contributed by atoms with van der Waals surface area (Å²) in [7, 11) is -0.760. The molecule has 0 saturated carbocycles. The molecule has 0 fully saturated rings. The molecular weight excluding hydrogens is 195 g/mol. The van der Waals surface area contributed by atoms with Crippen molar-refractivity contribution in [1.82, 2.24) is 0 Å². The summed E-state index contributed by atoms with van der Waals surface area (Å²) >= 11 is 0. The van der Waals surface area contributed by atoms with E-state index in [1.807, 2.05) is 6.92 Å². The van der Waals surface area contributed by atoms with Crippen LogP contribution in [0.1, 0.15) is 13.3 Å². The van der Waals surface area contributed by atoms with Crippen molar-refractivity contribution >= 4 is 7.82 Å². The second kappa shape index (κ2) is 7.47. The van der Waals surface area contributed by atoms with E-state index >= 15 is 0 Å². The van der Waals surface area contributed by atoms with E-state index < -0.39 is 7.82 Å². The highest BCUT2D eigenvalue weighted by atomic mass is 31.2. The monoisotopic (exact) mass is 212 g/mol. The summed E-state index contributed by atoms with van der Waals surface area (Å²) < 4.78 is 30.3. The SMILES string of the molecule is CCCOCCOP(=O)(OC)OC. The molecule has 0 saturated heterocycles. The van der Waals surface area contributed by atoms with Gasteiger partial charge in [-0.15, -0.1) is 0 Å². The van der Waals surface area contributed by atoms with E-state index in [1.54, 1.807) is 0 Å². The smallest absolute Gasteiger partial charge is 0.379 e. The van der Waals surface area contributed by atoms with Gasteiger partial charge in [0.25, 0.3) is 0 Å². The molecule has 80 valence electrons. The molecule has 6 heteroatoms. The van der Waals surface area contributed by atoms with Crippen LogP contribution in [-0.4, -0.2) is 34.0 Å². The zero-order chi connectivity index (χ0) is 10.2. The molecule has 5 nitrogen and oxygen atoms in total. The molecule has 0 radical (unpaired) electrons. The highest BCUT2D eigenvalue weighted by Crippen LogP contribution is 2.47. The van der Waals surface area contributed by atoms with Crippen molar-refractivity contribution in [3.63, 3.8) is 0 Å². The van der Waals surface area contributed by atoms with Gasteiger partial charge in [0.1, 0.15) is 0 Å². The topological polar surface area (TPSA) is 54.0 Å². The Hall–Kier alpha value is 0.0700. The van der Waals surface area contributed by atoms with Crippen LogP contribution in [0.3, 0.4) is 0 Å². The first-order valence-electron chi connectivity index (χ1n) is 4.12. The van der Waals surface area contributed by atoms with E-state index in [1.165, 1.54) is 14.2 Å². The highest BCUT2D eigenvalue weighted by molar-refractivity contribution is 7.48. The van der Waals surface area contributed by atoms with E-state index in [4.69, 9.17) is 9.26 Å². The van der Waals surface area contributed by atoms with Crippen molar-refractivity contribution in [3.8, 4) is 0 Å². The first kappa shape index (κ1) is 13.1. The van der Waals surface area contributed by atoms with Gasteiger partial charge in [-0.25, -0.2) is 4.57 Å². The Balaban J connectivity index is 3.45. The van der Waals surface area contributed by atoms with Gasteiger partial charge < -0.3 is 4.74 Å². The van der Waals surface area contributed by atoms with Crippen LogP contribution in [0.2, 0.25) is 0 Å². The lowest BCUT2D eigenvalue weighted by atomic mass is 10.5. The standard InChI is InChI=1S/C7H17O5P/c1-4-5-11-6-7-12-13(8,9-2)10-3/h4-7H2,1-3H3. The van der Waals surface area contributed by atoms with Gasteiger partial charge in [0.2, 0.25) is 0 Å². The molecule has 0 atom stereocenters. The van der Waals surface area contributed by atoms with Gasteiger partial charge in [-0.05, 0) is 6.42 Å². The number of ether oxygens (including phenoxy) is 1. The molecule has 0 aliphatic carbocycles. The Morgan fingerprint density at radius 2 is 1.69 bits per heavy atom. The van der Waals surface area contributed by atoms with Crippen LogP contribution in [0.5, 0.6) is 0 Å². The number of rotatable bonds is 8. The van der Waals surface area contributed by atoms with E-state index in [9.17, 15) is 4.57 Å². The molecule has 0 heterocycles. The molecule has 0 amide bonds. The van der Waals surface area contributed by atoms with Gasteiger partial charge >= 0.3 is 7.82 Å². The lowest BCUT2D eigenvalue weighted by Gasteiger charge is -2.12. The molecule has 0 aliphatic heterocycles.